The lowest BCUT2D eigenvalue weighted by molar-refractivity contribution is -0.142. The van der Waals surface area contributed by atoms with Crippen LogP contribution in [0.1, 0.15) is 72.8 Å². The Kier molecular flexibility index (Phi) is 7.14. The third-order valence-corrected chi connectivity index (χ3v) is 8.61. The number of carboxylic acids is 1. The van der Waals surface area contributed by atoms with Gasteiger partial charge in [-0.1, -0.05) is 19.1 Å². The highest BCUT2D eigenvalue weighted by Gasteiger charge is 2.43. The van der Waals surface area contributed by atoms with Gasteiger partial charge >= 0.3 is 18.3 Å². The van der Waals surface area contributed by atoms with Crippen molar-refractivity contribution in [2.24, 2.45) is 11.8 Å². The van der Waals surface area contributed by atoms with Gasteiger partial charge in [-0.15, -0.1) is 0 Å². The average molecular weight is 556 g/mol. The second-order valence-corrected chi connectivity index (χ2v) is 11.3. The normalized spacial score (nSPS) is 21.2. The number of carboxylic acid groups (broad SMARTS) is 1. The van der Waals surface area contributed by atoms with Gasteiger partial charge in [0.1, 0.15) is 11.4 Å². The molecule has 5 rings (SSSR count). The first kappa shape index (κ1) is 27.8. The molecule has 39 heavy (non-hydrogen) atoms. The maximum atomic E-state index is 13.5. The predicted molar refractivity (Wildman–Crippen MR) is 131 cm³/mol. The summed E-state index contributed by atoms with van der Waals surface area (Å²) >= 11 is 0. The van der Waals surface area contributed by atoms with E-state index in [9.17, 15) is 36.2 Å². The number of likely N-dealkylation sites (tertiary alicyclic amines) is 1. The van der Waals surface area contributed by atoms with Gasteiger partial charge in [0, 0.05) is 19.6 Å². The summed E-state index contributed by atoms with van der Waals surface area (Å²) in [4.78, 5) is 13.5. The number of aliphatic carboxylic acids is 1. The van der Waals surface area contributed by atoms with Crippen molar-refractivity contribution in [1.82, 2.24) is 4.90 Å². The molecule has 0 radical (unpaired) electrons. The molecule has 1 aliphatic carbocycles. The summed E-state index contributed by atoms with van der Waals surface area (Å²) in [6, 6.07) is 7.56. The van der Waals surface area contributed by atoms with Gasteiger partial charge in [-0.05, 0) is 91.3 Å². The smallest absolute Gasteiger partial charge is 0.416 e. The Morgan fingerprint density at radius 1 is 1.03 bits per heavy atom. The van der Waals surface area contributed by atoms with Gasteiger partial charge in [0.05, 0.1) is 17.0 Å². The molecule has 1 spiro atoms. The number of fused-ring (bicyclic) bond motifs is 1. The Hall–Kier alpha value is -2.75. The van der Waals surface area contributed by atoms with Gasteiger partial charge in [-0.2, -0.15) is 26.3 Å². The maximum Gasteiger partial charge on any atom is 0.416 e. The van der Waals surface area contributed by atoms with Crippen LogP contribution in [0, 0.1) is 11.8 Å². The molecule has 2 unspecified atom stereocenters. The van der Waals surface area contributed by atoms with Crippen molar-refractivity contribution in [1.29, 1.82) is 0 Å². The number of carbonyl (C=O) groups is 1. The number of ether oxygens (including phenoxy) is 1. The SMILES string of the molecule is CC(C(=O)O)C(c1ccc2c(c1)OC1(CC2)CCN(Cc2cc(C(F)(F)F)ccc2C(F)(F)F)CC1)C1CC1. The van der Waals surface area contributed by atoms with Crippen LogP contribution in [0.2, 0.25) is 0 Å². The second kappa shape index (κ2) is 10.0. The van der Waals surface area contributed by atoms with Crippen molar-refractivity contribution in [3.63, 3.8) is 0 Å². The Morgan fingerprint density at radius 3 is 2.31 bits per heavy atom. The van der Waals surface area contributed by atoms with Crippen LogP contribution in [-0.2, 0) is 30.1 Å². The Balaban J connectivity index is 1.30. The number of hydrogen-bond donors (Lipinski definition) is 1. The van der Waals surface area contributed by atoms with Crippen LogP contribution in [0.5, 0.6) is 5.75 Å². The Morgan fingerprint density at radius 2 is 1.72 bits per heavy atom. The van der Waals surface area contributed by atoms with E-state index in [1.54, 1.807) is 11.8 Å². The number of nitrogens with zero attached hydrogens (tertiary/aromatic N) is 1. The molecule has 2 heterocycles. The summed E-state index contributed by atoms with van der Waals surface area (Å²) in [5.74, 6) is -0.371. The fourth-order valence-electron chi connectivity index (χ4n) is 6.19. The number of rotatable bonds is 6. The van der Waals surface area contributed by atoms with Crippen molar-refractivity contribution in [3.05, 3.63) is 64.2 Å². The van der Waals surface area contributed by atoms with E-state index in [2.05, 4.69) is 0 Å². The zero-order valence-corrected chi connectivity index (χ0v) is 21.5. The van der Waals surface area contributed by atoms with Gasteiger partial charge in [0.2, 0.25) is 0 Å². The quantitative estimate of drug-likeness (QED) is 0.380. The summed E-state index contributed by atoms with van der Waals surface area (Å²) in [6.07, 6.45) is -4.90. The minimum atomic E-state index is -4.75. The van der Waals surface area contributed by atoms with Crippen LogP contribution in [0.25, 0.3) is 0 Å². The van der Waals surface area contributed by atoms with Gasteiger partial charge in [0.25, 0.3) is 0 Å². The standard InChI is InChI=1S/C29H31F6NO3/c1-17(26(37)38)25(19-3-4-19)20-5-2-18-8-9-27(39-24(18)15-20)10-12-36(13-11-27)16-21-14-22(28(30,31)32)6-7-23(21)29(33,34)35/h2,5-7,14-15,17,19,25H,3-4,8-13,16H2,1H3,(H,37,38). The van der Waals surface area contributed by atoms with E-state index >= 15 is 0 Å². The lowest BCUT2D eigenvalue weighted by Gasteiger charge is -2.45. The second-order valence-electron chi connectivity index (χ2n) is 11.3. The lowest BCUT2D eigenvalue weighted by Crippen LogP contribution is -2.49. The van der Waals surface area contributed by atoms with Crippen LogP contribution in [0.3, 0.4) is 0 Å². The Labute approximate surface area is 222 Å². The molecular weight excluding hydrogens is 524 g/mol. The largest absolute Gasteiger partial charge is 0.487 e. The van der Waals surface area contributed by atoms with E-state index in [-0.39, 0.29) is 18.0 Å². The summed E-state index contributed by atoms with van der Waals surface area (Å²) in [6.45, 7) is 2.29. The van der Waals surface area contributed by atoms with E-state index in [0.29, 0.717) is 50.0 Å². The molecule has 3 aliphatic rings. The van der Waals surface area contributed by atoms with Crippen molar-refractivity contribution < 1.29 is 41.0 Å². The summed E-state index contributed by atoms with van der Waals surface area (Å²) in [5.41, 5.74) is -1.04. The van der Waals surface area contributed by atoms with Gasteiger partial charge in [-0.25, -0.2) is 0 Å². The maximum absolute atomic E-state index is 13.5. The number of alkyl halides is 6. The van der Waals surface area contributed by atoms with Crippen LogP contribution < -0.4 is 4.74 Å². The molecule has 1 saturated carbocycles. The van der Waals surface area contributed by atoms with Crippen molar-refractivity contribution in [2.75, 3.05) is 13.1 Å². The number of benzene rings is 2. The van der Waals surface area contributed by atoms with E-state index in [0.717, 1.165) is 42.6 Å². The third kappa shape index (κ3) is 5.90. The minimum Gasteiger partial charge on any atom is -0.487 e. The molecule has 2 aromatic carbocycles. The highest BCUT2D eigenvalue weighted by molar-refractivity contribution is 5.71. The molecule has 0 amide bonds. The fourth-order valence-corrected chi connectivity index (χ4v) is 6.19. The molecule has 2 aliphatic heterocycles. The number of aryl methyl sites for hydroxylation is 1. The molecule has 1 N–H and O–H groups in total. The molecule has 212 valence electrons. The zero-order valence-electron chi connectivity index (χ0n) is 21.5. The minimum absolute atomic E-state index is 0.0913. The molecule has 2 atom stereocenters. The number of piperidine rings is 1. The summed E-state index contributed by atoms with van der Waals surface area (Å²) < 4.78 is 86.8. The van der Waals surface area contributed by atoms with E-state index in [1.807, 2.05) is 18.2 Å². The molecule has 0 bridgehead atoms. The molecule has 0 aromatic heterocycles. The van der Waals surface area contributed by atoms with E-state index in [1.165, 1.54) is 0 Å². The van der Waals surface area contributed by atoms with E-state index in [4.69, 9.17) is 4.74 Å². The fraction of sp³-hybridized carbons (Fsp3) is 0.552. The van der Waals surface area contributed by atoms with Gasteiger partial charge in [-0.3, -0.25) is 9.69 Å². The Bertz CT molecular complexity index is 1230. The molecular formula is C29H31F6NO3. The lowest BCUT2D eigenvalue weighted by atomic mass is 9.80. The summed E-state index contributed by atoms with van der Waals surface area (Å²) in [5, 5.41) is 9.62. The van der Waals surface area contributed by atoms with Crippen molar-refractivity contribution in [3.8, 4) is 5.75 Å². The zero-order chi connectivity index (χ0) is 28.2. The van der Waals surface area contributed by atoms with Crippen molar-refractivity contribution >= 4 is 5.97 Å². The number of hydrogen-bond acceptors (Lipinski definition) is 3. The highest BCUT2D eigenvalue weighted by Crippen LogP contribution is 2.49. The van der Waals surface area contributed by atoms with Crippen LogP contribution in [0.4, 0.5) is 26.3 Å². The molecule has 2 fully saturated rings. The predicted octanol–water partition coefficient (Wildman–Crippen LogP) is 7.30. The third-order valence-electron chi connectivity index (χ3n) is 8.61. The molecule has 2 aromatic rings. The van der Waals surface area contributed by atoms with Crippen LogP contribution in [-0.4, -0.2) is 34.7 Å². The first-order chi connectivity index (χ1) is 18.3. The van der Waals surface area contributed by atoms with Gasteiger partial charge < -0.3 is 9.84 Å². The monoisotopic (exact) mass is 555 g/mol. The first-order valence-corrected chi connectivity index (χ1v) is 13.3. The molecule has 10 heteroatoms. The van der Waals surface area contributed by atoms with Crippen LogP contribution >= 0.6 is 0 Å². The molecule has 1 saturated heterocycles. The van der Waals surface area contributed by atoms with Gasteiger partial charge in [0.15, 0.2) is 0 Å². The highest BCUT2D eigenvalue weighted by atomic mass is 19.4. The van der Waals surface area contributed by atoms with Crippen molar-refractivity contribution in [2.45, 2.75) is 75.9 Å². The average Bonchev–Trinajstić information content (AvgIpc) is 3.69. The molecule has 4 nitrogen and oxygen atoms in total. The first-order valence-electron chi connectivity index (χ1n) is 13.3. The number of halogens is 6. The van der Waals surface area contributed by atoms with Crippen LogP contribution in [0.15, 0.2) is 36.4 Å². The topological polar surface area (TPSA) is 49.8 Å². The van der Waals surface area contributed by atoms with E-state index < -0.39 is 41.0 Å². The summed E-state index contributed by atoms with van der Waals surface area (Å²) in [7, 11) is 0.